The summed E-state index contributed by atoms with van der Waals surface area (Å²) in [4.78, 5) is 20.7. The molecule has 6 nitrogen and oxygen atoms in total. The first-order chi connectivity index (χ1) is 8.32. The lowest BCUT2D eigenvalue weighted by atomic mass is 10.1. The Labute approximate surface area is 105 Å². The Bertz CT molecular complexity index is 341. The van der Waals surface area contributed by atoms with Gasteiger partial charge in [0.2, 0.25) is 0 Å². The molecule has 0 aromatic carbocycles. The highest BCUT2D eigenvalue weighted by atomic mass is 16.8. The zero-order chi connectivity index (χ0) is 13.8. The number of carbonyl (C=O) groups is 2. The minimum Gasteiger partial charge on any atom is -0.430 e. The molecule has 2 aliphatic rings. The molecule has 0 N–H and O–H groups in total. The third-order valence-electron chi connectivity index (χ3n) is 2.45. The van der Waals surface area contributed by atoms with Crippen LogP contribution in [0.3, 0.4) is 0 Å². The van der Waals surface area contributed by atoms with E-state index in [0.717, 1.165) is 0 Å². The number of carbonyl (C=O) groups excluding carboxylic acids is 2. The number of cyclic esters (lactones) is 4. The van der Waals surface area contributed by atoms with E-state index in [9.17, 15) is 9.59 Å². The molecule has 0 saturated carbocycles. The average molecular weight is 256 g/mol. The largest absolute Gasteiger partial charge is 0.509 e. The predicted molar refractivity (Wildman–Crippen MR) is 62.1 cm³/mol. The minimum absolute atomic E-state index is 0.273. The van der Waals surface area contributed by atoms with Crippen molar-refractivity contribution in [1.29, 1.82) is 0 Å². The van der Waals surface area contributed by atoms with Crippen molar-refractivity contribution in [2.24, 2.45) is 0 Å². The Balaban J connectivity index is 0.000000180. The maximum absolute atomic E-state index is 10.3. The molecule has 2 aliphatic heterocycles. The Morgan fingerprint density at radius 3 is 1.39 bits per heavy atom. The fourth-order valence-electron chi connectivity index (χ4n) is 1.10. The van der Waals surface area contributed by atoms with Gasteiger partial charge in [-0.3, -0.25) is 0 Å². The lowest BCUT2D eigenvalue weighted by molar-refractivity contribution is 0.0981. The van der Waals surface area contributed by atoms with Crippen LogP contribution in [0.5, 0.6) is 0 Å². The first kappa shape index (κ1) is 14.1. The zero-order valence-corrected chi connectivity index (χ0v) is 10.4. The van der Waals surface area contributed by atoms with Gasteiger partial charge in [0.25, 0.3) is 0 Å². The van der Waals surface area contributed by atoms with Crippen molar-refractivity contribution in [3.8, 4) is 0 Å². The Morgan fingerprint density at radius 1 is 0.944 bits per heavy atom. The topological polar surface area (TPSA) is 71.1 Å². The summed E-state index contributed by atoms with van der Waals surface area (Å²) in [6.07, 6.45) is 1.88. The summed E-state index contributed by atoms with van der Waals surface area (Å²) in [5.41, 5.74) is -1.20. The molecule has 18 heavy (non-hydrogen) atoms. The first-order valence-corrected chi connectivity index (χ1v) is 5.31. The lowest BCUT2D eigenvalue weighted by Crippen LogP contribution is -2.23. The van der Waals surface area contributed by atoms with Gasteiger partial charge in [0.1, 0.15) is 13.2 Å². The van der Waals surface area contributed by atoms with Crippen molar-refractivity contribution in [2.75, 3.05) is 13.2 Å². The maximum atomic E-state index is 10.3. The highest BCUT2D eigenvalue weighted by Crippen LogP contribution is 2.20. The minimum atomic E-state index is -0.614. The molecule has 2 fully saturated rings. The molecule has 0 spiro atoms. The second-order valence-corrected chi connectivity index (χ2v) is 4.32. The van der Waals surface area contributed by atoms with E-state index >= 15 is 0 Å². The summed E-state index contributed by atoms with van der Waals surface area (Å²) >= 11 is 0. The summed E-state index contributed by atoms with van der Waals surface area (Å²) in [6.45, 7) is 11.0. The Kier molecular flexibility index (Phi) is 4.00. The fraction of sp³-hybridized carbons (Fsp3) is 0.500. The van der Waals surface area contributed by atoms with Crippen LogP contribution in [0.15, 0.2) is 25.3 Å². The van der Waals surface area contributed by atoms with Gasteiger partial charge in [-0.1, -0.05) is 13.2 Å². The molecule has 0 bridgehead atoms. The number of hydrogen-bond acceptors (Lipinski definition) is 6. The van der Waals surface area contributed by atoms with Crippen molar-refractivity contribution in [3.05, 3.63) is 25.3 Å². The van der Waals surface area contributed by atoms with Gasteiger partial charge in [-0.25, -0.2) is 9.59 Å². The highest BCUT2D eigenvalue weighted by molar-refractivity contribution is 5.63. The van der Waals surface area contributed by atoms with E-state index in [2.05, 4.69) is 22.6 Å². The summed E-state index contributed by atoms with van der Waals surface area (Å²) in [7, 11) is 0. The normalized spacial score (nSPS) is 33.2. The van der Waals surface area contributed by atoms with E-state index in [1.807, 2.05) is 0 Å². The second-order valence-electron chi connectivity index (χ2n) is 4.32. The molecule has 0 radical (unpaired) electrons. The molecule has 0 aromatic heterocycles. The number of ether oxygens (including phenoxy) is 4. The Morgan fingerprint density at radius 2 is 1.28 bits per heavy atom. The van der Waals surface area contributed by atoms with Crippen molar-refractivity contribution in [3.63, 3.8) is 0 Å². The fourth-order valence-corrected chi connectivity index (χ4v) is 1.10. The standard InChI is InChI=1S/2C6H8O3/c2*1-3-6(2)4-8-5(7)9-6/h2*3H,1,4H2,2H3. The van der Waals surface area contributed by atoms with Crippen LogP contribution in [-0.4, -0.2) is 36.7 Å². The van der Waals surface area contributed by atoms with Gasteiger partial charge in [0.05, 0.1) is 0 Å². The molecular weight excluding hydrogens is 240 g/mol. The van der Waals surface area contributed by atoms with Crippen molar-refractivity contribution in [1.82, 2.24) is 0 Å². The van der Waals surface area contributed by atoms with Crippen LogP contribution in [0.25, 0.3) is 0 Å². The molecule has 2 saturated heterocycles. The molecule has 0 aliphatic carbocycles. The summed E-state index contributed by atoms with van der Waals surface area (Å²) in [5.74, 6) is 0. The molecule has 2 heterocycles. The van der Waals surface area contributed by atoms with Gasteiger partial charge < -0.3 is 18.9 Å². The van der Waals surface area contributed by atoms with Gasteiger partial charge >= 0.3 is 12.3 Å². The van der Waals surface area contributed by atoms with E-state index in [4.69, 9.17) is 9.47 Å². The van der Waals surface area contributed by atoms with Crippen molar-refractivity contribution in [2.45, 2.75) is 25.0 Å². The van der Waals surface area contributed by atoms with Crippen LogP contribution in [0, 0.1) is 0 Å². The van der Waals surface area contributed by atoms with E-state index < -0.39 is 23.5 Å². The molecule has 0 aromatic rings. The van der Waals surface area contributed by atoms with Crippen LogP contribution < -0.4 is 0 Å². The third kappa shape index (κ3) is 3.51. The van der Waals surface area contributed by atoms with Crippen LogP contribution in [0.1, 0.15) is 13.8 Å². The van der Waals surface area contributed by atoms with E-state index in [0.29, 0.717) is 0 Å². The smallest absolute Gasteiger partial charge is 0.430 e. The average Bonchev–Trinajstić information content (AvgIpc) is 2.85. The number of hydrogen-bond donors (Lipinski definition) is 0. The van der Waals surface area contributed by atoms with E-state index in [-0.39, 0.29) is 13.2 Å². The van der Waals surface area contributed by atoms with Crippen LogP contribution in [0.2, 0.25) is 0 Å². The van der Waals surface area contributed by atoms with E-state index in [1.165, 1.54) is 0 Å². The SMILES string of the molecule is C=CC1(C)COC(=O)O1.C=CC1(C)COC(=O)O1. The van der Waals surface area contributed by atoms with E-state index in [1.54, 1.807) is 26.0 Å². The monoisotopic (exact) mass is 256 g/mol. The summed E-state index contributed by atoms with van der Waals surface area (Å²) < 4.78 is 18.5. The van der Waals surface area contributed by atoms with Crippen molar-refractivity contribution < 1.29 is 28.5 Å². The van der Waals surface area contributed by atoms with Crippen molar-refractivity contribution >= 4 is 12.3 Å². The predicted octanol–water partition coefficient (Wildman–Crippen LogP) is 2.20. The first-order valence-electron chi connectivity index (χ1n) is 5.31. The quantitative estimate of drug-likeness (QED) is 0.557. The molecule has 2 unspecified atom stereocenters. The maximum Gasteiger partial charge on any atom is 0.509 e. The van der Waals surface area contributed by atoms with Gasteiger partial charge in [0, 0.05) is 0 Å². The van der Waals surface area contributed by atoms with Gasteiger partial charge in [-0.05, 0) is 26.0 Å². The molecule has 2 atom stereocenters. The molecular formula is C12H16O6. The zero-order valence-electron chi connectivity index (χ0n) is 10.4. The van der Waals surface area contributed by atoms with Gasteiger partial charge in [-0.15, -0.1) is 0 Å². The summed E-state index contributed by atoms with van der Waals surface area (Å²) in [6, 6.07) is 0. The van der Waals surface area contributed by atoms with Crippen LogP contribution in [0.4, 0.5) is 9.59 Å². The molecule has 0 amide bonds. The van der Waals surface area contributed by atoms with Crippen LogP contribution in [-0.2, 0) is 18.9 Å². The number of rotatable bonds is 2. The lowest BCUT2D eigenvalue weighted by Gasteiger charge is -2.11. The van der Waals surface area contributed by atoms with Crippen LogP contribution >= 0.6 is 0 Å². The van der Waals surface area contributed by atoms with Gasteiger partial charge in [0.15, 0.2) is 11.2 Å². The molecule has 100 valence electrons. The molecule has 2 rings (SSSR count). The molecule has 6 heteroatoms. The Hall–Kier alpha value is -1.98. The summed E-state index contributed by atoms with van der Waals surface area (Å²) in [5, 5.41) is 0. The highest BCUT2D eigenvalue weighted by Gasteiger charge is 2.35. The third-order valence-corrected chi connectivity index (χ3v) is 2.45. The second kappa shape index (κ2) is 5.12. The van der Waals surface area contributed by atoms with Gasteiger partial charge in [-0.2, -0.15) is 0 Å².